The van der Waals surface area contributed by atoms with Crippen LogP contribution < -0.4 is 4.48 Å². The van der Waals surface area contributed by atoms with Crippen molar-refractivity contribution in [3.63, 3.8) is 0 Å². The van der Waals surface area contributed by atoms with E-state index in [1.54, 1.807) is 5.69 Å². The quantitative estimate of drug-likeness (QED) is 0.525. The van der Waals surface area contributed by atoms with Gasteiger partial charge < -0.3 is 0 Å². The lowest BCUT2D eigenvalue weighted by atomic mass is 10.1. The van der Waals surface area contributed by atoms with Gasteiger partial charge in [-0.15, -0.1) is 0 Å². The van der Waals surface area contributed by atoms with Gasteiger partial charge in [-0.3, -0.25) is 4.48 Å². The average Bonchev–Trinajstić information content (AvgIpc) is 2.80. The molecule has 0 saturated carbocycles. The fraction of sp³-hybridized carbons (Fsp3) is 0.625. The Hall–Kier alpha value is -0.820. The second-order valence-corrected chi connectivity index (χ2v) is 5.52. The fourth-order valence-electron chi connectivity index (χ4n) is 3.29. The Morgan fingerprint density at radius 1 is 1.06 bits per heavy atom. The normalized spacial score (nSPS) is 18.5. The minimum Gasteiger partial charge on any atom is -0.291 e. The van der Waals surface area contributed by atoms with Crippen LogP contribution in [0.5, 0.6) is 0 Å². The third-order valence-electron chi connectivity index (χ3n) is 4.24. The minimum atomic E-state index is 1.26. The molecule has 1 fully saturated rings. The van der Waals surface area contributed by atoms with Crippen molar-refractivity contribution in [1.29, 1.82) is 0 Å². The second-order valence-electron chi connectivity index (χ2n) is 5.52. The summed E-state index contributed by atoms with van der Waals surface area (Å²) in [6.45, 7) is 8.62. The topological polar surface area (TPSA) is 0 Å². The predicted octanol–water partition coefficient (Wildman–Crippen LogP) is 4.29. The second kappa shape index (κ2) is 5.68. The number of aryl methyl sites for hydroxylation is 1. The van der Waals surface area contributed by atoms with Gasteiger partial charge in [-0.2, -0.15) is 0 Å². The van der Waals surface area contributed by atoms with E-state index < -0.39 is 0 Å². The molecule has 0 N–H and O–H groups in total. The van der Waals surface area contributed by atoms with Crippen LogP contribution in [0.3, 0.4) is 0 Å². The highest BCUT2D eigenvalue weighted by molar-refractivity contribution is 5.50. The molecule has 17 heavy (non-hydrogen) atoms. The van der Waals surface area contributed by atoms with Crippen molar-refractivity contribution in [2.45, 2.75) is 46.0 Å². The summed E-state index contributed by atoms with van der Waals surface area (Å²) in [5.74, 6) is 0. The third-order valence-corrected chi connectivity index (χ3v) is 4.24. The van der Waals surface area contributed by atoms with Crippen molar-refractivity contribution in [3.05, 3.63) is 29.8 Å². The van der Waals surface area contributed by atoms with Crippen molar-refractivity contribution in [1.82, 2.24) is 4.48 Å². The van der Waals surface area contributed by atoms with E-state index in [0.29, 0.717) is 0 Å². The van der Waals surface area contributed by atoms with Crippen molar-refractivity contribution in [3.8, 4) is 0 Å². The van der Waals surface area contributed by atoms with Crippen molar-refractivity contribution in [2.75, 3.05) is 19.6 Å². The Morgan fingerprint density at radius 2 is 1.76 bits per heavy atom. The first-order valence-corrected chi connectivity index (χ1v) is 7.21. The van der Waals surface area contributed by atoms with Gasteiger partial charge in [0, 0.05) is 18.4 Å². The molecule has 1 aromatic carbocycles. The molecule has 0 bridgehead atoms. The Labute approximate surface area is 106 Å². The van der Waals surface area contributed by atoms with Crippen molar-refractivity contribution >= 4 is 5.69 Å². The molecule has 1 heteroatoms. The molecule has 1 nitrogen and oxygen atoms in total. The van der Waals surface area contributed by atoms with Gasteiger partial charge in [-0.05, 0) is 25.8 Å². The van der Waals surface area contributed by atoms with Gasteiger partial charge in [0.25, 0.3) is 0 Å². The summed E-state index contributed by atoms with van der Waals surface area (Å²) in [6.07, 6.45) is 6.89. The summed E-state index contributed by atoms with van der Waals surface area (Å²) < 4.78 is 1.26. The number of benzene rings is 1. The standard InChI is InChI=1S/C16H26N/c1-3-4-7-12-17(13-8-9-14-17)16-11-6-5-10-15(16)2/h5-6,10-11H,3-4,7-9,12-14H2,1-2H3/q+1. The zero-order valence-corrected chi connectivity index (χ0v) is 11.4. The van der Waals surface area contributed by atoms with Gasteiger partial charge in [-0.1, -0.05) is 31.5 Å². The van der Waals surface area contributed by atoms with Gasteiger partial charge in [-0.25, -0.2) is 0 Å². The van der Waals surface area contributed by atoms with Gasteiger partial charge in [0.1, 0.15) is 5.69 Å². The number of likely N-dealkylation sites (tertiary alicyclic amines) is 1. The maximum absolute atomic E-state index is 2.35. The van der Waals surface area contributed by atoms with Crippen LogP contribution in [0.2, 0.25) is 0 Å². The molecule has 0 unspecified atom stereocenters. The van der Waals surface area contributed by atoms with Crippen LogP contribution >= 0.6 is 0 Å². The van der Waals surface area contributed by atoms with E-state index in [4.69, 9.17) is 0 Å². The maximum Gasteiger partial charge on any atom is 0.135 e. The molecule has 94 valence electrons. The van der Waals surface area contributed by atoms with E-state index in [1.165, 1.54) is 61.8 Å². The summed E-state index contributed by atoms with van der Waals surface area (Å²) >= 11 is 0. The molecule has 2 rings (SSSR count). The summed E-state index contributed by atoms with van der Waals surface area (Å²) in [7, 11) is 0. The first-order valence-electron chi connectivity index (χ1n) is 7.21. The fourth-order valence-corrected chi connectivity index (χ4v) is 3.29. The summed E-state index contributed by atoms with van der Waals surface area (Å²) in [6, 6.07) is 9.00. The molecule has 1 aromatic rings. The van der Waals surface area contributed by atoms with Gasteiger partial charge in [0.05, 0.1) is 19.6 Å². The van der Waals surface area contributed by atoms with Crippen molar-refractivity contribution < 1.29 is 0 Å². The average molecular weight is 232 g/mol. The third kappa shape index (κ3) is 2.71. The largest absolute Gasteiger partial charge is 0.291 e. The first-order chi connectivity index (χ1) is 8.28. The van der Waals surface area contributed by atoms with E-state index in [1.807, 2.05) is 0 Å². The van der Waals surface area contributed by atoms with E-state index in [2.05, 4.69) is 38.1 Å². The summed E-state index contributed by atoms with van der Waals surface area (Å²) in [4.78, 5) is 0. The van der Waals surface area contributed by atoms with Crippen LogP contribution in [0.15, 0.2) is 24.3 Å². The molecular weight excluding hydrogens is 206 g/mol. The van der Waals surface area contributed by atoms with E-state index in [9.17, 15) is 0 Å². The monoisotopic (exact) mass is 232 g/mol. The smallest absolute Gasteiger partial charge is 0.135 e. The van der Waals surface area contributed by atoms with Crippen molar-refractivity contribution in [2.24, 2.45) is 0 Å². The minimum absolute atomic E-state index is 1.26. The molecule has 1 saturated heterocycles. The van der Waals surface area contributed by atoms with Crippen LogP contribution in [-0.2, 0) is 0 Å². The molecule has 0 aromatic heterocycles. The molecule has 0 amide bonds. The number of nitrogens with zero attached hydrogens (tertiary/aromatic N) is 1. The highest BCUT2D eigenvalue weighted by atomic mass is 15.4. The zero-order valence-electron chi connectivity index (χ0n) is 11.4. The number of unbranched alkanes of at least 4 members (excludes halogenated alkanes) is 2. The number of hydrogen-bond donors (Lipinski definition) is 0. The maximum atomic E-state index is 2.35. The molecular formula is C16H26N+. The molecule has 1 heterocycles. The van der Waals surface area contributed by atoms with Gasteiger partial charge >= 0.3 is 0 Å². The zero-order chi connectivity index (χ0) is 12.1. The van der Waals surface area contributed by atoms with E-state index in [-0.39, 0.29) is 0 Å². The number of hydrogen-bond acceptors (Lipinski definition) is 0. The highest BCUT2D eigenvalue weighted by Gasteiger charge is 2.34. The van der Waals surface area contributed by atoms with Crippen LogP contribution in [0.4, 0.5) is 5.69 Å². The van der Waals surface area contributed by atoms with Crippen LogP contribution in [0.25, 0.3) is 0 Å². The molecule has 1 aliphatic heterocycles. The Kier molecular flexibility index (Phi) is 4.22. The number of para-hydroxylation sites is 1. The molecule has 0 radical (unpaired) electrons. The first kappa shape index (κ1) is 12.6. The van der Waals surface area contributed by atoms with Crippen LogP contribution in [-0.4, -0.2) is 19.6 Å². The Bertz CT molecular complexity index is 350. The lowest BCUT2D eigenvalue weighted by Gasteiger charge is -2.35. The number of rotatable bonds is 5. The number of quaternary nitrogens is 1. The van der Waals surface area contributed by atoms with E-state index in [0.717, 1.165) is 0 Å². The van der Waals surface area contributed by atoms with E-state index >= 15 is 0 Å². The lowest BCUT2D eigenvalue weighted by molar-refractivity contribution is 0.323. The SMILES string of the molecule is CCCCC[N+]1(c2ccccc2C)CCCC1. The Morgan fingerprint density at radius 3 is 2.41 bits per heavy atom. The molecule has 0 atom stereocenters. The summed E-state index contributed by atoms with van der Waals surface area (Å²) in [5, 5.41) is 0. The highest BCUT2D eigenvalue weighted by Crippen LogP contribution is 2.32. The Balaban J connectivity index is 2.19. The molecule has 0 aliphatic carbocycles. The lowest BCUT2D eigenvalue weighted by Crippen LogP contribution is -2.47. The van der Waals surface area contributed by atoms with Crippen LogP contribution in [0, 0.1) is 6.92 Å². The summed E-state index contributed by atoms with van der Waals surface area (Å²) in [5.41, 5.74) is 3.06. The van der Waals surface area contributed by atoms with Gasteiger partial charge in [0.2, 0.25) is 0 Å². The van der Waals surface area contributed by atoms with Crippen LogP contribution in [0.1, 0.15) is 44.6 Å². The van der Waals surface area contributed by atoms with Gasteiger partial charge in [0.15, 0.2) is 0 Å². The molecule has 1 aliphatic rings. The molecule has 0 spiro atoms. The predicted molar refractivity (Wildman–Crippen MR) is 76.3 cm³/mol.